The van der Waals surface area contributed by atoms with E-state index < -0.39 is 0 Å². The number of aromatic nitrogens is 4. The molecule has 5 heteroatoms. The van der Waals surface area contributed by atoms with Gasteiger partial charge in [0.25, 0.3) is 0 Å². The third-order valence-corrected chi connectivity index (χ3v) is 6.13. The van der Waals surface area contributed by atoms with Crippen LogP contribution in [0.15, 0.2) is 67.0 Å². The average Bonchev–Trinajstić information content (AvgIpc) is 3.19. The van der Waals surface area contributed by atoms with Gasteiger partial charge in [0.15, 0.2) is 5.65 Å². The number of rotatable bonds is 5. The molecule has 0 unspecified atom stereocenters. The fourth-order valence-corrected chi connectivity index (χ4v) is 4.33. The Balaban J connectivity index is 1.50. The molecule has 0 saturated heterocycles. The topological polar surface area (TPSA) is 69.6 Å². The second-order valence-corrected chi connectivity index (χ2v) is 8.67. The molecule has 0 saturated carbocycles. The number of hydrogen-bond donors (Lipinski definition) is 1. The van der Waals surface area contributed by atoms with Crippen molar-refractivity contribution in [2.24, 2.45) is 0 Å². The number of aryl methyl sites for hydroxylation is 3. The summed E-state index contributed by atoms with van der Waals surface area (Å²) in [4.78, 5) is 8.65. The van der Waals surface area contributed by atoms with Gasteiger partial charge < -0.3 is 5.73 Å². The molecule has 2 heterocycles. The van der Waals surface area contributed by atoms with Crippen molar-refractivity contribution >= 4 is 27.6 Å². The molecule has 0 spiro atoms. The monoisotopic (exact) mass is 421 g/mol. The highest BCUT2D eigenvalue weighted by Crippen LogP contribution is 2.33. The standard InChI is InChI=1S/C27H27N5/c1-17(2)32-27-24(26(28)29-16-30-27)25(31-32)23-13-12-21-14-19(9-11-22(21)15-23)8-10-20-7-5-4-6-18(20)3/h4-7,9,11-17H,8,10H2,1-3H3,(H2,28,29,30). The van der Waals surface area contributed by atoms with E-state index in [9.17, 15) is 0 Å². The summed E-state index contributed by atoms with van der Waals surface area (Å²) in [6.07, 6.45) is 3.58. The lowest BCUT2D eigenvalue weighted by Crippen LogP contribution is -2.04. The van der Waals surface area contributed by atoms with Crippen LogP contribution in [0.2, 0.25) is 0 Å². The first-order valence-electron chi connectivity index (χ1n) is 11.1. The highest BCUT2D eigenvalue weighted by atomic mass is 15.3. The van der Waals surface area contributed by atoms with E-state index in [0.29, 0.717) is 5.82 Å². The van der Waals surface area contributed by atoms with Crippen LogP contribution in [0.3, 0.4) is 0 Å². The van der Waals surface area contributed by atoms with E-state index in [2.05, 4.69) is 91.4 Å². The number of anilines is 1. The Kier molecular flexibility index (Phi) is 5.10. The Hall–Kier alpha value is -3.73. The van der Waals surface area contributed by atoms with E-state index >= 15 is 0 Å². The Morgan fingerprint density at radius 3 is 2.50 bits per heavy atom. The van der Waals surface area contributed by atoms with Crippen molar-refractivity contribution in [3.63, 3.8) is 0 Å². The van der Waals surface area contributed by atoms with Crippen LogP contribution in [0.1, 0.15) is 36.6 Å². The van der Waals surface area contributed by atoms with Crippen molar-refractivity contribution in [3.05, 3.63) is 83.7 Å². The number of benzene rings is 3. The van der Waals surface area contributed by atoms with Gasteiger partial charge in [-0.1, -0.05) is 54.6 Å². The first-order chi connectivity index (χ1) is 15.5. The van der Waals surface area contributed by atoms with E-state index in [-0.39, 0.29) is 6.04 Å². The summed E-state index contributed by atoms with van der Waals surface area (Å²) >= 11 is 0. The van der Waals surface area contributed by atoms with Gasteiger partial charge in [-0.3, -0.25) is 0 Å². The second kappa shape index (κ2) is 8.08. The zero-order valence-corrected chi connectivity index (χ0v) is 18.7. The smallest absolute Gasteiger partial charge is 0.164 e. The van der Waals surface area contributed by atoms with Crippen LogP contribution < -0.4 is 5.73 Å². The highest BCUT2D eigenvalue weighted by molar-refractivity contribution is 6.00. The molecule has 0 aliphatic carbocycles. The van der Waals surface area contributed by atoms with Crippen molar-refractivity contribution in [2.75, 3.05) is 5.73 Å². The molecule has 2 aromatic heterocycles. The van der Waals surface area contributed by atoms with E-state index in [0.717, 1.165) is 35.1 Å². The third kappa shape index (κ3) is 3.60. The molecule has 0 aliphatic heterocycles. The lowest BCUT2D eigenvalue weighted by molar-refractivity contribution is 0.548. The Labute approximate surface area is 187 Å². The van der Waals surface area contributed by atoms with Crippen molar-refractivity contribution in [3.8, 4) is 11.3 Å². The lowest BCUT2D eigenvalue weighted by Gasteiger charge is -2.08. The number of hydrogen-bond acceptors (Lipinski definition) is 4. The molecule has 0 amide bonds. The molecule has 0 atom stereocenters. The van der Waals surface area contributed by atoms with Gasteiger partial charge in [-0.05, 0) is 67.1 Å². The molecular weight excluding hydrogens is 394 g/mol. The maximum absolute atomic E-state index is 6.23. The predicted octanol–water partition coefficient (Wildman–Crippen LogP) is 5.90. The van der Waals surface area contributed by atoms with Crippen LogP contribution in [-0.4, -0.2) is 19.7 Å². The molecule has 160 valence electrons. The number of fused-ring (bicyclic) bond motifs is 2. The SMILES string of the molecule is Cc1ccccc1CCc1ccc2cc(-c3nn(C(C)C)c4ncnc(N)c34)ccc2c1. The molecule has 5 rings (SSSR count). The first-order valence-corrected chi connectivity index (χ1v) is 11.1. The minimum absolute atomic E-state index is 0.178. The largest absolute Gasteiger partial charge is 0.383 e. The third-order valence-electron chi connectivity index (χ3n) is 6.13. The minimum atomic E-state index is 0.178. The molecule has 5 aromatic rings. The van der Waals surface area contributed by atoms with E-state index in [4.69, 9.17) is 10.8 Å². The fourth-order valence-electron chi connectivity index (χ4n) is 4.33. The van der Waals surface area contributed by atoms with Crippen LogP contribution in [0.4, 0.5) is 5.82 Å². The van der Waals surface area contributed by atoms with Gasteiger partial charge in [0.2, 0.25) is 0 Å². The minimum Gasteiger partial charge on any atom is -0.383 e. The maximum atomic E-state index is 6.23. The number of nitrogens with two attached hydrogens (primary N) is 1. The summed E-state index contributed by atoms with van der Waals surface area (Å²) in [7, 11) is 0. The molecule has 0 aliphatic rings. The number of nitrogens with zero attached hydrogens (tertiary/aromatic N) is 4. The Morgan fingerprint density at radius 1 is 0.906 bits per heavy atom. The predicted molar refractivity (Wildman–Crippen MR) is 132 cm³/mol. The molecule has 0 radical (unpaired) electrons. The van der Waals surface area contributed by atoms with Crippen LogP contribution in [0.25, 0.3) is 33.1 Å². The van der Waals surface area contributed by atoms with Crippen LogP contribution in [0.5, 0.6) is 0 Å². The van der Waals surface area contributed by atoms with E-state index in [1.54, 1.807) is 0 Å². The average molecular weight is 422 g/mol. The van der Waals surface area contributed by atoms with Crippen molar-refractivity contribution in [1.29, 1.82) is 0 Å². The molecule has 2 N–H and O–H groups in total. The summed E-state index contributed by atoms with van der Waals surface area (Å²) in [5, 5.41) is 8.08. The van der Waals surface area contributed by atoms with Crippen molar-refractivity contribution < 1.29 is 0 Å². The Morgan fingerprint density at radius 2 is 1.69 bits per heavy atom. The van der Waals surface area contributed by atoms with Crippen LogP contribution in [-0.2, 0) is 12.8 Å². The second-order valence-electron chi connectivity index (χ2n) is 8.67. The Bertz CT molecular complexity index is 1430. The van der Waals surface area contributed by atoms with Crippen molar-refractivity contribution in [1.82, 2.24) is 19.7 Å². The van der Waals surface area contributed by atoms with Crippen LogP contribution >= 0.6 is 0 Å². The van der Waals surface area contributed by atoms with Gasteiger partial charge in [0, 0.05) is 11.6 Å². The molecule has 0 bridgehead atoms. The zero-order chi connectivity index (χ0) is 22.2. The van der Waals surface area contributed by atoms with E-state index in [1.807, 2.05) is 4.68 Å². The van der Waals surface area contributed by atoms with Gasteiger partial charge >= 0.3 is 0 Å². The van der Waals surface area contributed by atoms with Gasteiger partial charge in [-0.2, -0.15) is 5.10 Å². The molecule has 3 aromatic carbocycles. The lowest BCUT2D eigenvalue weighted by atomic mass is 9.97. The summed E-state index contributed by atoms with van der Waals surface area (Å²) in [5.41, 5.74) is 13.0. The summed E-state index contributed by atoms with van der Waals surface area (Å²) in [6.45, 7) is 6.36. The van der Waals surface area contributed by atoms with Crippen LogP contribution in [0, 0.1) is 6.92 Å². The quantitative estimate of drug-likeness (QED) is 0.383. The van der Waals surface area contributed by atoms with Gasteiger partial charge in [-0.15, -0.1) is 0 Å². The fraction of sp³-hybridized carbons (Fsp3) is 0.222. The van der Waals surface area contributed by atoms with Crippen molar-refractivity contribution in [2.45, 2.75) is 39.7 Å². The van der Waals surface area contributed by atoms with E-state index in [1.165, 1.54) is 33.8 Å². The summed E-state index contributed by atoms with van der Waals surface area (Å²) in [6, 6.07) is 22.0. The maximum Gasteiger partial charge on any atom is 0.164 e. The highest BCUT2D eigenvalue weighted by Gasteiger charge is 2.18. The molecule has 32 heavy (non-hydrogen) atoms. The number of nitrogen functional groups attached to an aromatic ring is 1. The normalized spacial score (nSPS) is 11.6. The van der Waals surface area contributed by atoms with Gasteiger partial charge in [0.05, 0.1) is 5.39 Å². The molecular formula is C27H27N5. The van der Waals surface area contributed by atoms with Gasteiger partial charge in [-0.25, -0.2) is 14.6 Å². The first kappa shape index (κ1) is 20.2. The molecule has 0 fully saturated rings. The van der Waals surface area contributed by atoms with Gasteiger partial charge in [0.1, 0.15) is 17.8 Å². The zero-order valence-electron chi connectivity index (χ0n) is 18.7. The summed E-state index contributed by atoms with van der Waals surface area (Å²) < 4.78 is 1.92. The summed E-state index contributed by atoms with van der Waals surface area (Å²) in [5.74, 6) is 0.462. The molecule has 5 nitrogen and oxygen atoms in total.